The van der Waals surface area contributed by atoms with E-state index in [1.165, 1.54) is 0 Å². The van der Waals surface area contributed by atoms with Gasteiger partial charge in [-0.3, -0.25) is 14.6 Å². The number of amides is 1. The number of likely N-dealkylation sites (tertiary alicyclic amines) is 1. The number of carbonyl (C=O) groups is 2. The molecule has 4 rings (SSSR count). The molecule has 8 heteroatoms. The van der Waals surface area contributed by atoms with Crippen molar-refractivity contribution in [3.8, 4) is 11.8 Å². The Labute approximate surface area is 194 Å². The molecule has 2 saturated heterocycles. The molecule has 0 spiro atoms. The Morgan fingerprint density at radius 1 is 1.18 bits per heavy atom. The predicted molar refractivity (Wildman–Crippen MR) is 124 cm³/mol. The van der Waals surface area contributed by atoms with E-state index in [9.17, 15) is 14.9 Å². The van der Waals surface area contributed by atoms with E-state index in [1.54, 1.807) is 20.2 Å². The van der Waals surface area contributed by atoms with Gasteiger partial charge in [0.05, 0.1) is 36.4 Å². The van der Waals surface area contributed by atoms with Gasteiger partial charge in [0.1, 0.15) is 11.8 Å². The van der Waals surface area contributed by atoms with Crippen molar-refractivity contribution in [1.29, 1.82) is 5.26 Å². The number of rotatable bonds is 5. The van der Waals surface area contributed by atoms with Crippen LogP contribution in [0.25, 0.3) is 10.9 Å². The minimum absolute atomic E-state index is 0.0686. The summed E-state index contributed by atoms with van der Waals surface area (Å²) in [5, 5.41) is 10.6. The number of methoxy groups -OCH3 is 1. The van der Waals surface area contributed by atoms with Gasteiger partial charge in [-0.05, 0) is 44.7 Å². The first-order valence-electron chi connectivity index (χ1n) is 11.6. The fraction of sp³-hybridized carbons (Fsp3) is 0.520. The Balaban J connectivity index is 1.46. The fourth-order valence-electron chi connectivity index (χ4n) is 4.95. The van der Waals surface area contributed by atoms with Gasteiger partial charge in [-0.15, -0.1) is 0 Å². The van der Waals surface area contributed by atoms with E-state index in [0.717, 1.165) is 35.2 Å². The zero-order chi connectivity index (χ0) is 23.4. The predicted octanol–water partition coefficient (Wildman–Crippen LogP) is 3.13. The van der Waals surface area contributed by atoms with E-state index in [2.05, 4.69) is 16.0 Å². The Bertz CT molecular complexity index is 1070. The second kappa shape index (κ2) is 10.1. The van der Waals surface area contributed by atoms with Crippen molar-refractivity contribution in [1.82, 2.24) is 9.88 Å². The summed E-state index contributed by atoms with van der Waals surface area (Å²) < 4.78 is 10.5. The van der Waals surface area contributed by atoms with Crippen molar-refractivity contribution in [2.45, 2.75) is 32.6 Å². The molecule has 1 amide bonds. The zero-order valence-corrected chi connectivity index (χ0v) is 19.2. The highest BCUT2D eigenvalue weighted by Crippen LogP contribution is 2.34. The highest BCUT2D eigenvalue weighted by atomic mass is 16.5. The second-order valence-corrected chi connectivity index (χ2v) is 8.65. The molecule has 0 aliphatic carbocycles. The number of nitrogens with zero attached hydrogens (tertiary/aromatic N) is 4. The second-order valence-electron chi connectivity index (χ2n) is 8.65. The van der Waals surface area contributed by atoms with E-state index in [4.69, 9.17) is 9.47 Å². The van der Waals surface area contributed by atoms with Gasteiger partial charge < -0.3 is 19.3 Å². The summed E-state index contributed by atoms with van der Waals surface area (Å²) in [6.07, 6.45) is 4.63. The lowest BCUT2D eigenvalue weighted by atomic mass is 9.91. The molecule has 0 saturated carbocycles. The molecule has 2 aromatic rings. The van der Waals surface area contributed by atoms with Crippen LogP contribution in [0.15, 0.2) is 24.4 Å². The standard InChI is InChI=1S/C25H30N4O4/c1-3-33-25(31)18-5-4-10-29(16-18)24(30)17-8-11-28(12-9-17)23-19(14-26)15-27-22-13-20(32-2)6-7-21(22)23/h6-7,13,15,17-18H,3-5,8-12,16H2,1-2H3/t18-/m1/s1. The molecular weight excluding hydrogens is 420 g/mol. The van der Waals surface area contributed by atoms with Crippen LogP contribution in [0.2, 0.25) is 0 Å². The third-order valence-corrected chi connectivity index (χ3v) is 6.68. The van der Waals surface area contributed by atoms with Crippen LogP contribution in [0.3, 0.4) is 0 Å². The van der Waals surface area contributed by atoms with Crippen molar-refractivity contribution in [2.75, 3.05) is 44.8 Å². The maximum atomic E-state index is 13.2. The molecule has 33 heavy (non-hydrogen) atoms. The molecule has 0 unspecified atom stereocenters. The van der Waals surface area contributed by atoms with E-state index in [0.29, 0.717) is 51.2 Å². The molecule has 0 N–H and O–H groups in total. The van der Waals surface area contributed by atoms with Crippen molar-refractivity contribution < 1.29 is 19.1 Å². The maximum absolute atomic E-state index is 13.2. The summed E-state index contributed by atoms with van der Waals surface area (Å²) in [5.41, 5.74) is 2.18. The van der Waals surface area contributed by atoms with Crippen LogP contribution < -0.4 is 9.64 Å². The highest BCUT2D eigenvalue weighted by molar-refractivity contribution is 5.95. The minimum Gasteiger partial charge on any atom is -0.497 e. The Morgan fingerprint density at radius 3 is 2.67 bits per heavy atom. The quantitative estimate of drug-likeness (QED) is 0.646. The third-order valence-electron chi connectivity index (χ3n) is 6.68. The van der Waals surface area contributed by atoms with Crippen molar-refractivity contribution in [3.05, 3.63) is 30.0 Å². The fourth-order valence-corrected chi connectivity index (χ4v) is 4.95. The molecule has 1 atom stereocenters. The normalized spacial score (nSPS) is 19.2. The lowest BCUT2D eigenvalue weighted by Gasteiger charge is -2.38. The molecule has 3 heterocycles. The number of hydrogen-bond donors (Lipinski definition) is 0. The van der Waals surface area contributed by atoms with Gasteiger partial charge in [-0.2, -0.15) is 5.26 Å². The number of esters is 1. The largest absolute Gasteiger partial charge is 0.497 e. The number of anilines is 1. The number of benzene rings is 1. The first-order chi connectivity index (χ1) is 16.0. The van der Waals surface area contributed by atoms with Crippen LogP contribution in [-0.4, -0.2) is 61.7 Å². The number of aromatic nitrogens is 1. The summed E-state index contributed by atoms with van der Waals surface area (Å²) in [7, 11) is 1.62. The Morgan fingerprint density at radius 2 is 1.97 bits per heavy atom. The third kappa shape index (κ3) is 4.72. The molecule has 1 aromatic heterocycles. The molecule has 0 radical (unpaired) electrons. The van der Waals surface area contributed by atoms with Gasteiger partial charge in [-0.1, -0.05) is 0 Å². The smallest absolute Gasteiger partial charge is 0.310 e. The van der Waals surface area contributed by atoms with Crippen molar-refractivity contribution >= 4 is 28.5 Å². The summed E-state index contributed by atoms with van der Waals surface area (Å²) in [4.78, 5) is 33.8. The van der Waals surface area contributed by atoms with Crippen molar-refractivity contribution in [2.24, 2.45) is 11.8 Å². The summed E-state index contributed by atoms with van der Waals surface area (Å²) in [6, 6.07) is 7.96. The minimum atomic E-state index is -0.221. The maximum Gasteiger partial charge on any atom is 0.310 e. The summed E-state index contributed by atoms with van der Waals surface area (Å²) >= 11 is 0. The average molecular weight is 451 g/mol. The van der Waals surface area contributed by atoms with Gasteiger partial charge in [0.15, 0.2) is 0 Å². The lowest BCUT2D eigenvalue weighted by molar-refractivity contribution is -0.152. The molecule has 174 valence electrons. The van der Waals surface area contributed by atoms with E-state index < -0.39 is 0 Å². The number of pyridine rings is 1. The van der Waals surface area contributed by atoms with Gasteiger partial charge >= 0.3 is 5.97 Å². The number of carbonyl (C=O) groups excluding carboxylic acids is 2. The number of hydrogen-bond acceptors (Lipinski definition) is 7. The van der Waals surface area contributed by atoms with Crippen LogP contribution >= 0.6 is 0 Å². The summed E-state index contributed by atoms with van der Waals surface area (Å²) in [5.74, 6) is 0.364. The van der Waals surface area contributed by atoms with E-state index in [1.807, 2.05) is 23.1 Å². The molecule has 0 bridgehead atoms. The molecule has 2 aliphatic rings. The van der Waals surface area contributed by atoms with Gasteiger partial charge in [-0.25, -0.2) is 0 Å². The molecule has 8 nitrogen and oxygen atoms in total. The lowest BCUT2D eigenvalue weighted by Crippen LogP contribution is -2.47. The Kier molecular flexibility index (Phi) is 6.97. The SMILES string of the molecule is CCOC(=O)[C@@H]1CCCN(C(=O)C2CCN(c3c(C#N)cnc4cc(OC)ccc34)CC2)C1. The van der Waals surface area contributed by atoms with Crippen LogP contribution in [-0.2, 0) is 14.3 Å². The van der Waals surface area contributed by atoms with Crippen LogP contribution in [0.1, 0.15) is 38.2 Å². The molecular formula is C25H30N4O4. The molecule has 2 fully saturated rings. The molecule has 2 aliphatic heterocycles. The van der Waals surface area contributed by atoms with E-state index >= 15 is 0 Å². The van der Waals surface area contributed by atoms with Gasteiger partial charge in [0, 0.05) is 49.7 Å². The molecule has 1 aromatic carbocycles. The average Bonchev–Trinajstić information content (AvgIpc) is 2.87. The van der Waals surface area contributed by atoms with Crippen LogP contribution in [0.4, 0.5) is 5.69 Å². The topological polar surface area (TPSA) is 95.8 Å². The zero-order valence-electron chi connectivity index (χ0n) is 19.2. The number of ether oxygens (including phenoxy) is 2. The number of fused-ring (bicyclic) bond motifs is 1. The number of nitriles is 1. The monoisotopic (exact) mass is 450 g/mol. The highest BCUT2D eigenvalue weighted by Gasteiger charge is 2.34. The van der Waals surface area contributed by atoms with Crippen LogP contribution in [0, 0.1) is 23.2 Å². The van der Waals surface area contributed by atoms with Crippen LogP contribution in [0.5, 0.6) is 5.75 Å². The van der Waals surface area contributed by atoms with Gasteiger partial charge in [0.25, 0.3) is 0 Å². The first-order valence-corrected chi connectivity index (χ1v) is 11.6. The Hall–Kier alpha value is -3.34. The first kappa shape index (κ1) is 22.8. The number of piperidine rings is 2. The summed E-state index contributed by atoms with van der Waals surface area (Å²) in [6.45, 7) is 4.69. The van der Waals surface area contributed by atoms with E-state index in [-0.39, 0.29) is 23.7 Å². The van der Waals surface area contributed by atoms with Crippen molar-refractivity contribution in [3.63, 3.8) is 0 Å². The van der Waals surface area contributed by atoms with Gasteiger partial charge in [0.2, 0.25) is 5.91 Å².